The third-order valence-corrected chi connectivity index (χ3v) is 3.90. The van der Waals surface area contributed by atoms with Crippen LogP contribution in [0.2, 0.25) is 0 Å². The van der Waals surface area contributed by atoms with Gasteiger partial charge in [0.15, 0.2) is 11.4 Å². The molecule has 1 aromatic carbocycles. The number of likely N-dealkylation sites (tertiary alicyclic amines) is 1. The largest absolute Gasteiger partial charge is 0.449 e. The summed E-state index contributed by atoms with van der Waals surface area (Å²) in [6.07, 6.45) is 0.326. The highest BCUT2D eigenvalue weighted by Gasteiger charge is 2.44. The molecule has 1 heterocycles. The SMILES string of the molecule is CN1CC(C)(OC(=O)CCl)C(=O)CC1c1ccccc1. The van der Waals surface area contributed by atoms with Gasteiger partial charge in [-0.3, -0.25) is 14.5 Å². The minimum absolute atomic E-state index is 0.0199. The molecule has 0 spiro atoms. The second-order valence-corrected chi connectivity index (χ2v) is 5.57. The number of carbonyl (C=O) groups excluding carboxylic acids is 2. The van der Waals surface area contributed by atoms with Gasteiger partial charge in [-0.2, -0.15) is 0 Å². The summed E-state index contributed by atoms with van der Waals surface area (Å²) in [5, 5.41) is 0. The average molecular weight is 296 g/mol. The summed E-state index contributed by atoms with van der Waals surface area (Å²) in [6, 6.07) is 9.88. The van der Waals surface area contributed by atoms with Gasteiger partial charge in [0.05, 0.1) is 0 Å². The Kier molecular flexibility index (Phi) is 4.45. The maximum absolute atomic E-state index is 12.3. The predicted octanol–water partition coefficient (Wildman–Crippen LogP) is 2.17. The van der Waals surface area contributed by atoms with Crippen LogP contribution in [0.25, 0.3) is 0 Å². The van der Waals surface area contributed by atoms with Crippen molar-refractivity contribution in [2.75, 3.05) is 19.5 Å². The van der Waals surface area contributed by atoms with E-state index in [4.69, 9.17) is 16.3 Å². The lowest BCUT2D eigenvalue weighted by Gasteiger charge is -2.41. The van der Waals surface area contributed by atoms with Crippen molar-refractivity contribution in [2.24, 2.45) is 0 Å². The van der Waals surface area contributed by atoms with Crippen molar-refractivity contribution < 1.29 is 14.3 Å². The van der Waals surface area contributed by atoms with Crippen LogP contribution in [0.15, 0.2) is 30.3 Å². The standard InChI is InChI=1S/C15H18ClNO3/c1-15(20-14(19)9-16)10-17(2)12(8-13(15)18)11-6-4-3-5-7-11/h3-7,12H,8-10H2,1-2H3. The summed E-state index contributed by atoms with van der Waals surface area (Å²) < 4.78 is 5.23. The molecule has 0 amide bonds. The van der Waals surface area contributed by atoms with E-state index in [1.165, 1.54) is 0 Å². The fourth-order valence-electron chi connectivity index (χ4n) is 2.64. The fraction of sp³-hybridized carbons (Fsp3) is 0.467. The zero-order valence-electron chi connectivity index (χ0n) is 11.6. The van der Waals surface area contributed by atoms with Crippen molar-refractivity contribution >= 4 is 23.4 Å². The number of benzene rings is 1. The van der Waals surface area contributed by atoms with Gasteiger partial charge in [0.25, 0.3) is 0 Å². The number of alkyl halides is 1. The van der Waals surface area contributed by atoms with Crippen LogP contribution in [0.1, 0.15) is 24.9 Å². The molecule has 108 valence electrons. The lowest BCUT2D eigenvalue weighted by atomic mass is 9.86. The molecule has 5 heteroatoms. The van der Waals surface area contributed by atoms with Crippen molar-refractivity contribution in [1.29, 1.82) is 0 Å². The van der Waals surface area contributed by atoms with Gasteiger partial charge >= 0.3 is 5.97 Å². The van der Waals surface area contributed by atoms with Crippen LogP contribution in [0.4, 0.5) is 0 Å². The highest BCUT2D eigenvalue weighted by molar-refractivity contribution is 6.26. The molecule has 0 radical (unpaired) electrons. The van der Waals surface area contributed by atoms with Crippen molar-refractivity contribution in [1.82, 2.24) is 4.90 Å². The first-order valence-electron chi connectivity index (χ1n) is 6.52. The average Bonchev–Trinajstić information content (AvgIpc) is 2.43. The Bertz CT molecular complexity index is 505. The molecule has 1 aliphatic rings. The molecule has 1 aromatic rings. The molecule has 1 aliphatic heterocycles. The molecular formula is C15H18ClNO3. The van der Waals surface area contributed by atoms with Crippen molar-refractivity contribution in [3.63, 3.8) is 0 Å². The molecular weight excluding hydrogens is 278 g/mol. The smallest absolute Gasteiger partial charge is 0.321 e. The zero-order valence-corrected chi connectivity index (χ0v) is 12.4. The van der Waals surface area contributed by atoms with Crippen LogP contribution in [-0.4, -0.2) is 41.7 Å². The van der Waals surface area contributed by atoms with Crippen LogP contribution in [0, 0.1) is 0 Å². The summed E-state index contributed by atoms with van der Waals surface area (Å²) in [4.78, 5) is 25.8. The van der Waals surface area contributed by atoms with Gasteiger partial charge in [-0.25, -0.2) is 0 Å². The molecule has 0 aliphatic carbocycles. The molecule has 1 saturated heterocycles. The summed E-state index contributed by atoms with van der Waals surface area (Å²) in [7, 11) is 1.93. The number of hydrogen-bond donors (Lipinski definition) is 0. The number of carbonyl (C=O) groups is 2. The minimum atomic E-state index is -1.11. The molecule has 0 aromatic heterocycles. The van der Waals surface area contributed by atoms with E-state index in [1.807, 2.05) is 42.3 Å². The lowest BCUT2D eigenvalue weighted by molar-refractivity contribution is -0.170. The zero-order chi connectivity index (χ0) is 14.8. The van der Waals surface area contributed by atoms with Crippen molar-refractivity contribution in [3.8, 4) is 0 Å². The molecule has 0 bridgehead atoms. The third kappa shape index (κ3) is 3.02. The highest BCUT2D eigenvalue weighted by Crippen LogP contribution is 2.33. The summed E-state index contributed by atoms with van der Waals surface area (Å²) in [5.41, 5.74) is -0.0134. The van der Waals surface area contributed by atoms with Gasteiger partial charge in [0, 0.05) is 19.0 Å². The summed E-state index contributed by atoms with van der Waals surface area (Å²) in [5.74, 6) is -0.869. The Morgan fingerprint density at radius 2 is 2.10 bits per heavy atom. The number of ether oxygens (including phenoxy) is 1. The Balaban J connectivity index is 2.16. The first-order valence-corrected chi connectivity index (χ1v) is 7.06. The van der Waals surface area contributed by atoms with Crippen LogP contribution in [0.3, 0.4) is 0 Å². The Labute approximate surface area is 123 Å². The summed E-state index contributed by atoms with van der Waals surface area (Å²) in [6.45, 7) is 2.02. The predicted molar refractivity (Wildman–Crippen MR) is 76.7 cm³/mol. The maximum Gasteiger partial charge on any atom is 0.321 e. The van der Waals surface area contributed by atoms with E-state index in [9.17, 15) is 9.59 Å². The fourth-order valence-corrected chi connectivity index (χ4v) is 2.69. The number of likely N-dealkylation sites (N-methyl/N-ethyl adjacent to an activating group) is 1. The Morgan fingerprint density at radius 1 is 1.45 bits per heavy atom. The van der Waals surface area contributed by atoms with E-state index < -0.39 is 11.6 Å². The van der Waals surface area contributed by atoms with Gasteiger partial charge in [-0.1, -0.05) is 30.3 Å². The minimum Gasteiger partial charge on any atom is -0.449 e. The number of esters is 1. The molecule has 0 N–H and O–H groups in total. The van der Waals surface area contributed by atoms with Crippen LogP contribution >= 0.6 is 11.6 Å². The lowest BCUT2D eigenvalue weighted by Crippen LogP contribution is -2.55. The van der Waals surface area contributed by atoms with Crippen LogP contribution in [-0.2, 0) is 14.3 Å². The third-order valence-electron chi connectivity index (χ3n) is 3.68. The molecule has 2 unspecified atom stereocenters. The Morgan fingerprint density at radius 3 is 2.70 bits per heavy atom. The number of halogens is 1. The van der Waals surface area contributed by atoms with E-state index in [-0.39, 0.29) is 17.7 Å². The number of ketones is 1. The van der Waals surface area contributed by atoms with Crippen molar-refractivity contribution in [3.05, 3.63) is 35.9 Å². The van der Waals surface area contributed by atoms with E-state index in [2.05, 4.69) is 0 Å². The van der Waals surface area contributed by atoms with E-state index in [1.54, 1.807) is 6.92 Å². The second-order valence-electron chi connectivity index (χ2n) is 5.31. The number of nitrogens with zero attached hydrogens (tertiary/aromatic N) is 1. The number of piperidine rings is 1. The number of Topliss-reactive ketones (excluding diaryl/α,β-unsaturated/α-hetero) is 1. The maximum atomic E-state index is 12.3. The van der Waals surface area contributed by atoms with Crippen LogP contribution < -0.4 is 0 Å². The van der Waals surface area contributed by atoms with Crippen molar-refractivity contribution in [2.45, 2.75) is 25.0 Å². The quantitative estimate of drug-likeness (QED) is 0.633. The number of hydrogen-bond acceptors (Lipinski definition) is 4. The molecule has 0 saturated carbocycles. The molecule has 4 nitrogen and oxygen atoms in total. The molecule has 20 heavy (non-hydrogen) atoms. The first kappa shape index (κ1) is 15.0. The van der Waals surface area contributed by atoms with E-state index in [0.717, 1.165) is 5.56 Å². The van der Waals surface area contributed by atoms with Gasteiger partial charge in [-0.05, 0) is 19.5 Å². The highest BCUT2D eigenvalue weighted by atomic mass is 35.5. The van der Waals surface area contributed by atoms with Crippen LogP contribution in [0.5, 0.6) is 0 Å². The normalized spacial score (nSPS) is 27.4. The molecule has 1 fully saturated rings. The van der Waals surface area contributed by atoms with Gasteiger partial charge < -0.3 is 4.74 Å². The van der Waals surface area contributed by atoms with Gasteiger partial charge in [-0.15, -0.1) is 11.6 Å². The Hall–Kier alpha value is -1.39. The second kappa shape index (κ2) is 5.94. The first-order chi connectivity index (χ1) is 9.46. The summed E-state index contributed by atoms with van der Waals surface area (Å²) >= 11 is 5.44. The topological polar surface area (TPSA) is 46.6 Å². The van der Waals surface area contributed by atoms with E-state index in [0.29, 0.717) is 13.0 Å². The van der Waals surface area contributed by atoms with Gasteiger partial charge in [0.1, 0.15) is 5.88 Å². The molecule has 2 atom stereocenters. The monoisotopic (exact) mass is 295 g/mol. The number of rotatable bonds is 3. The van der Waals surface area contributed by atoms with Gasteiger partial charge in [0.2, 0.25) is 0 Å². The van der Waals surface area contributed by atoms with E-state index >= 15 is 0 Å². The molecule has 2 rings (SSSR count).